The van der Waals surface area contributed by atoms with E-state index in [1.165, 1.54) is 6.07 Å². The summed E-state index contributed by atoms with van der Waals surface area (Å²) < 4.78 is 25.1. The number of ether oxygens (including phenoxy) is 1. The number of piperazine rings is 1. The first kappa shape index (κ1) is 17.5. The van der Waals surface area contributed by atoms with Crippen molar-refractivity contribution in [2.24, 2.45) is 0 Å². The topological polar surface area (TPSA) is 54.6 Å². The second-order valence-electron chi connectivity index (χ2n) is 6.42. The molecule has 0 bridgehead atoms. The Morgan fingerprint density at radius 3 is 2.52 bits per heavy atom. The number of methoxy groups -OCH3 is 1. The molecular weight excluding hydrogens is 347 g/mol. The summed E-state index contributed by atoms with van der Waals surface area (Å²) in [6.07, 6.45) is 0. The predicted octanol–water partition coefficient (Wildman–Crippen LogP) is 3.21. The van der Waals surface area contributed by atoms with Crippen LogP contribution in [0.4, 0.5) is 10.1 Å². The van der Waals surface area contributed by atoms with Crippen molar-refractivity contribution in [3.8, 4) is 17.2 Å². The summed E-state index contributed by atoms with van der Waals surface area (Å²) in [5, 5.41) is 8.32. The highest BCUT2D eigenvalue weighted by Crippen LogP contribution is 2.28. The molecule has 0 amide bonds. The molecule has 1 fully saturated rings. The zero-order valence-corrected chi connectivity index (χ0v) is 15.1. The van der Waals surface area contributed by atoms with E-state index < -0.39 is 0 Å². The fourth-order valence-electron chi connectivity index (χ4n) is 3.29. The van der Waals surface area contributed by atoms with E-state index >= 15 is 0 Å². The van der Waals surface area contributed by atoms with Crippen LogP contribution < -0.4 is 9.64 Å². The summed E-state index contributed by atoms with van der Waals surface area (Å²) in [6.45, 7) is 3.71. The molecule has 0 radical (unpaired) electrons. The molecule has 140 valence electrons. The SMILES string of the molecule is COc1ccccc1-c1nnc(CN2CCN(c3ccccc3F)CC2)o1. The Hall–Kier alpha value is -2.93. The summed E-state index contributed by atoms with van der Waals surface area (Å²) in [4.78, 5) is 4.30. The van der Waals surface area contributed by atoms with Crippen molar-refractivity contribution in [2.75, 3.05) is 38.2 Å². The van der Waals surface area contributed by atoms with Gasteiger partial charge in [0.05, 0.1) is 24.9 Å². The van der Waals surface area contributed by atoms with Gasteiger partial charge in [0, 0.05) is 26.2 Å². The average Bonchev–Trinajstić information content (AvgIpc) is 3.17. The summed E-state index contributed by atoms with van der Waals surface area (Å²) in [5.41, 5.74) is 1.44. The normalized spacial score (nSPS) is 15.1. The number of rotatable bonds is 5. The van der Waals surface area contributed by atoms with Gasteiger partial charge in [0.25, 0.3) is 5.89 Å². The molecule has 6 nitrogen and oxygen atoms in total. The van der Waals surface area contributed by atoms with Gasteiger partial charge in [0.15, 0.2) is 0 Å². The third kappa shape index (κ3) is 3.78. The molecule has 0 aliphatic carbocycles. The van der Waals surface area contributed by atoms with E-state index in [9.17, 15) is 4.39 Å². The highest BCUT2D eigenvalue weighted by Gasteiger charge is 2.21. The summed E-state index contributed by atoms with van der Waals surface area (Å²) in [5.74, 6) is 1.54. The number of nitrogens with zero attached hydrogens (tertiary/aromatic N) is 4. The molecule has 0 saturated carbocycles. The van der Waals surface area contributed by atoms with Crippen LogP contribution >= 0.6 is 0 Å². The Bertz CT molecular complexity index is 906. The van der Waals surface area contributed by atoms with Gasteiger partial charge in [-0.25, -0.2) is 4.39 Å². The van der Waals surface area contributed by atoms with Gasteiger partial charge in [-0.1, -0.05) is 24.3 Å². The smallest absolute Gasteiger partial charge is 0.251 e. The Labute approximate surface area is 157 Å². The van der Waals surface area contributed by atoms with Gasteiger partial charge in [0.1, 0.15) is 11.6 Å². The molecule has 3 aromatic rings. The highest BCUT2D eigenvalue weighted by molar-refractivity contribution is 5.62. The van der Waals surface area contributed by atoms with E-state index in [1.807, 2.05) is 36.4 Å². The maximum atomic E-state index is 13.9. The van der Waals surface area contributed by atoms with Gasteiger partial charge in [-0.3, -0.25) is 4.90 Å². The number of anilines is 1. The molecule has 0 spiro atoms. The van der Waals surface area contributed by atoms with Gasteiger partial charge >= 0.3 is 0 Å². The fourth-order valence-corrected chi connectivity index (χ4v) is 3.29. The Balaban J connectivity index is 1.39. The minimum Gasteiger partial charge on any atom is -0.496 e. The molecule has 1 aliphatic rings. The van der Waals surface area contributed by atoms with Crippen LogP contribution in [0.25, 0.3) is 11.5 Å². The maximum Gasteiger partial charge on any atom is 0.251 e. The van der Waals surface area contributed by atoms with Crippen LogP contribution in [0, 0.1) is 5.82 Å². The molecule has 1 aromatic heterocycles. The largest absolute Gasteiger partial charge is 0.496 e. The van der Waals surface area contributed by atoms with Crippen LogP contribution in [0.1, 0.15) is 5.89 Å². The molecule has 4 rings (SSSR count). The first-order chi connectivity index (χ1) is 13.2. The standard InChI is InChI=1S/C20H21FN4O2/c1-26-18-9-5-2-6-15(18)20-23-22-19(27-20)14-24-10-12-25(13-11-24)17-8-4-3-7-16(17)21/h2-9H,10-14H2,1H3. The van der Waals surface area contributed by atoms with Crippen LogP contribution in [0.5, 0.6) is 5.75 Å². The van der Waals surface area contributed by atoms with E-state index in [0.717, 1.165) is 31.7 Å². The lowest BCUT2D eigenvalue weighted by molar-refractivity contribution is 0.226. The van der Waals surface area contributed by atoms with Crippen molar-refractivity contribution in [3.63, 3.8) is 0 Å². The van der Waals surface area contributed by atoms with E-state index in [2.05, 4.69) is 20.0 Å². The quantitative estimate of drug-likeness (QED) is 0.689. The van der Waals surface area contributed by atoms with Crippen LogP contribution in [0.2, 0.25) is 0 Å². The Kier molecular flexibility index (Phi) is 5.02. The minimum absolute atomic E-state index is 0.177. The zero-order chi connectivity index (χ0) is 18.6. The van der Waals surface area contributed by atoms with Crippen LogP contribution in [-0.4, -0.2) is 48.4 Å². The van der Waals surface area contributed by atoms with E-state index in [4.69, 9.17) is 9.15 Å². The molecule has 0 N–H and O–H groups in total. The van der Waals surface area contributed by atoms with E-state index in [1.54, 1.807) is 13.2 Å². The maximum absolute atomic E-state index is 13.9. The van der Waals surface area contributed by atoms with Crippen LogP contribution in [-0.2, 0) is 6.54 Å². The number of aromatic nitrogens is 2. The van der Waals surface area contributed by atoms with E-state index in [0.29, 0.717) is 29.8 Å². The molecule has 2 aromatic carbocycles. The molecule has 2 heterocycles. The van der Waals surface area contributed by atoms with Gasteiger partial charge in [0.2, 0.25) is 5.89 Å². The van der Waals surface area contributed by atoms with E-state index in [-0.39, 0.29) is 5.82 Å². The molecule has 1 aliphatic heterocycles. The zero-order valence-electron chi connectivity index (χ0n) is 15.1. The van der Waals surface area contributed by atoms with Gasteiger partial charge in [-0.15, -0.1) is 10.2 Å². The van der Waals surface area contributed by atoms with Gasteiger partial charge < -0.3 is 14.1 Å². The Morgan fingerprint density at radius 1 is 1.00 bits per heavy atom. The van der Waals surface area contributed by atoms with Crippen LogP contribution in [0.15, 0.2) is 52.9 Å². The second-order valence-corrected chi connectivity index (χ2v) is 6.42. The molecule has 0 atom stereocenters. The molecule has 1 saturated heterocycles. The van der Waals surface area contributed by atoms with Crippen molar-refractivity contribution < 1.29 is 13.5 Å². The van der Waals surface area contributed by atoms with Gasteiger partial charge in [-0.2, -0.15) is 0 Å². The lowest BCUT2D eigenvalue weighted by atomic mass is 10.2. The summed E-state index contributed by atoms with van der Waals surface area (Å²) in [6, 6.07) is 14.5. The highest BCUT2D eigenvalue weighted by atomic mass is 19.1. The van der Waals surface area contributed by atoms with Crippen molar-refractivity contribution in [2.45, 2.75) is 6.54 Å². The summed E-state index contributed by atoms with van der Waals surface area (Å²) in [7, 11) is 1.62. The second kappa shape index (κ2) is 7.75. The van der Waals surface area contributed by atoms with Crippen molar-refractivity contribution in [1.82, 2.24) is 15.1 Å². The lowest BCUT2D eigenvalue weighted by Crippen LogP contribution is -2.46. The number of benzene rings is 2. The fraction of sp³-hybridized carbons (Fsp3) is 0.300. The number of halogens is 1. The molecule has 7 heteroatoms. The number of hydrogen-bond acceptors (Lipinski definition) is 6. The van der Waals surface area contributed by atoms with Crippen LogP contribution in [0.3, 0.4) is 0 Å². The first-order valence-corrected chi connectivity index (χ1v) is 8.92. The third-order valence-corrected chi connectivity index (χ3v) is 4.73. The molecule has 0 unspecified atom stereocenters. The minimum atomic E-state index is -0.177. The first-order valence-electron chi connectivity index (χ1n) is 8.92. The third-order valence-electron chi connectivity index (χ3n) is 4.73. The molecule has 27 heavy (non-hydrogen) atoms. The molecular formula is C20H21FN4O2. The van der Waals surface area contributed by atoms with Gasteiger partial charge in [-0.05, 0) is 24.3 Å². The summed E-state index contributed by atoms with van der Waals surface area (Å²) >= 11 is 0. The average molecular weight is 368 g/mol. The van der Waals surface area contributed by atoms with Crippen molar-refractivity contribution in [1.29, 1.82) is 0 Å². The lowest BCUT2D eigenvalue weighted by Gasteiger charge is -2.35. The number of hydrogen-bond donors (Lipinski definition) is 0. The van der Waals surface area contributed by atoms with Crippen molar-refractivity contribution in [3.05, 3.63) is 60.2 Å². The Morgan fingerprint density at radius 2 is 1.74 bits per heavy atom. The monoisotopic (exact) mass is 368 g/mol. The number of para-hydroxylation sites is 2. The van der Waals surface area contributed by atoms with Crippen molar-refractivity contribution >= 4 is 5.69 Å². The predicted molar refractivity (Wildman–Crippen MR) is 100 cm³/mol.